The molecular weight excluding hydrogens is 244 g/mol. The number of hydrogen-bond donors (Lipinski definition) is 1. The molecule has 5 nitrogen and oxygen atoms in total. The molecule has 0 saturated heterocycles. The van der Waals surface area contributed by atoms with Gasteiger partial charge in [-0.1, -0.05) is 11.6 Å². The van der Waals surface area contributed by atoms with Crippen LogP contribution in [0.2, 0.25) is 5.15 Å². The molecule has 0 aromatic carbocycles. The number of methoxy groups -OCH3 is 1. The van der Waals surface area contributed by atoms with Crippen molar-refractivity contribution in [3.05, 3.63) is 23.0 Å². The fourth-order valence-electron chi connectivity index (χ4n) is 1.27. The largest absolute Gasteiger partial charge is 0.464 e. The second-order valence-electron chi connectivity index (χ2n) is 3.78. The Kier molecular flexibility index (Phi) is 3.81. The highest BCUT2D eigenvalue weighted by Gasteiger charge is 2.24. The summed E-state index contributed by atoms with van der Waals surface area (Å²) >= 11 is 5.89. The standard InChI is InChI=1S/C11H13ClN2O3/c1-16-6-17-9-5-4-8(14-10(9)12)11(15)13-7-2-3-7/h4-5,7H,2-3,6H2,1H3,(H,13,15). The number of nitrogens with one attached hydrogen (secondary N) is 1. The smallest absolute Gasteiger partial charge is 0.270 e. The van der Waals surface area contributed by atoms with Crippen LogP contribution in [0, 0.1) is 0 Å². The molecule has 0 radical (unpaired) electrons. The van der Waals surface area contributed by atoms with Crippen LogP contribution in [0.1, 0.15) is 23.3 Å². The third-order valence-electron chi connectivity index (χ3n) is 2.29. The first-order chi connectivity index (χ1) is 8.20. The minimum absolute atomic E-state index is 0.0923. The average Bonchev–Trinajstić information content (AvgIpc) is 3.11. The number of nitrogens with zero attached hydrogens (tertiary/aromatic N) is 1. The van der Waals surface area contributed by atoms with Gasteiger partial charge >= 0.3 is 0 Å². The average molecular weight is 257 g/mol. The minimum Gasteiger partial charge on any atom is -0.464 e. The van der Waals surface area contributed by atoms with Gasteiger partial charge in [-0.05, 0) is 25.0 Å². The number of halogens is 1. The van der Waals surface area contributed by atoms with Gasteiger partial charge in [0.05, 0.1) is 0 Å². The van der Waals surface area contributed by atoms with E-state index in [2.05, 4.69) is 10.3 Å². The van der Waals surface area contributed by atoms with Crippen LogP contribution in [-0.2, 0) is 4.74 Å². The minimum atomic E-state index is -0.201. The van der Waals surface area contributed by atoms with Crippen molar-refractivity contribution >= 4 is 17.5 Å². The van der Waals surface area contributed by atoms with E-state index in [0.717, 1.165) is 12.8 Å². The number of carbonyl (C=O) groups is 1. The molecule has 6 heteroatoms. The topological polar surface area (TPSA) is 60.5 Å². The van der Waals surface area contributed by atoms with Crippen molar-refractivity contribution in [3.8, 4) is 5.75 Å². The van der Waals surface area contributed by atoms with Gasteiger partial charge < -0.3 is 14.8 Å². The third-order valence-corrected chi connectivity index (χ3v) is 2.56. The molecule has 1 saturated carbocycles. The summed E-state index contributed by atoms with van der Waals surface area (Å²) in [5, 5.41) is 2.99. The molecule has 92 valence electrons. The van der Waals surface area contributed by atoms with E-state index < -0.39 is 0 Å². The Morgan fingerprint density at radius 3 is 2.94 bits per heavy atom. The molecule has 1 amide bonds. The van der Waals surface area contributed by atoms with Crippen LogP contribution >= 0.6 is 11.6 Å². The van der Waals surface area contributed by atoms with E-state index in [9.17, 15) is 4.79 Å². The fourth-order valence-corrected chi connectivity index (χ4v) is 1.47. The highest BCUT2D eigenvalue weighted by molar-refractivity contribution is 6.31. The van der Waals surface area contributed by atoms with Crippen LogP contribution in [-0.4, -0.2) is 30.8 Å². The van der Waals surface area contributed by atoms with Crippen molar-refractivity contribution in [1.82, 2.24) is 10.3 Å². The molecule has 1 aliphatic rings. The summed E-state index contributed by atoms with van der Waals surface area (Å²) in [6.07, 6.45) is 2.07. The zero-order valence-corrected chi connectivity index (χ0v) is 10.2. The molecule has 1 aromatic heterocycles. The fraction of sp³-hybridized carbons (Fsp3) is 0.455. The highest BCUT2D eigenvalue weighted by atomic mass is 35.5. The maximum absolute atomic E-state index is 11.7. The van der Waals surface area contributed by atoms with E-state index in [4.69, 9.17) is 21.1 Å². The summed E-state index contributed by atoms with van der Waals surface area (Å²) in [6, 6.07) is 3.48. The molecule has 2 rings (SSSR count). The second-order valence-corrected chi connectivity index (χ2v) is 4.14. The van der Waals surface area contributed by atoms with Crippen LogP contribution in [0.15, 0.2) is 12.1 Å². The summed E-state index contributed by atoms with van der Waals surface area (Å²) in [6.45, 7) is 0.0923. The predicted molar refractivity (Wildman–Crippen MR) is 62.2 cm³/mol. The molecule has 0 bridgehead atoms. The van der Waals surface area contributed by atoms with Gasteiger partial charge in [-0.15, -0.1) is 0 Å². The van der Waals surface area contributed by atoms with Gasteiger partial charge in [0.1, 0.15) is 5.69 Å². The molecule has 0 aliphatic heterocycles. The van der Waals surface area contributed by atoms with Gasteiger partial charge in [-0.2, -0.15) is 0 Å². The number of rotatable bonds is 5. The summed E-state index contributed by atoms with van der Waals surface area (Å²) in [7, 11) is 1.51. The molecule has 1 aliphatic carbocycles. The maximum Gasteiger partial charge on any atom is 0.270 e. The number of amides is 1. The van der Waals surface area contributed by atoms with Gasteiger partial charge in [-0.3, -0.25) is 4.79 Å². The van der Waals surface area contributed by atoms with Crippen molar-refractivity contribution in [1.29, 1.82) is 0 Å². The first-order valence-electron chi connectivity index (χ1n) is 5.30. The lowest BCUT2D eigenvalue weighted by Gasteiger charge is -2.07. The Morgan fingerprint density at radius 1 is 1.59 bits per heavy atom. The molecular formula is C11H13ClN2O3. The summed E-state index contributed by atoms with van der Waals surface area (Å²) in [5.74, 6) is 0.198. The molecule has 0 unspecified atom stereocenters. The van der Waals surface area contributed by atoms with E-state index in [1.807, 2.05) is 0 Å². The van der Waals surface area contributed by atoms with Gasteiger partial charge in [0.2, 0.25) is 0 Å². The zero-order chi connectivity index (χ0) is 12.3. The Balaban J connectivity index is 2.03. The summed E-state index contributed by atoms with van der Waals surface area (Å²) in [5.41, 5.74) is 0.298. The van der Waals surface area contributed by atoms with Crippen LogP contribution in [0.25, 0.3) is 0 Å². The normalized spacial score (nSPS) is 14.5. The Bertz CT molecular complexity index is 421. The van der Waals surface area contributed by atoms with E-state index >= 15 is 0 Å². The number of aromatic nitrogens is 1. The Hall–Kier alpha value is -1.33. The molecule has 0 atom stereocenters. The maximum atomic E-state index is 11.7. The van der Waals surface area contributed by atoms with Crippen molar-refractivity contribution in [2.75, 3.05) is 13.9 Å². The van der Waals surface area contributed by atoms with Crippen LogP contribution in [0.4, 0.5) is 0 Å². The quantitative estimate of drug-likeness (QED) is 0.642. The van der Waals surface area contributed by atoms with Crippen molar-refractivity contribution in [3.63, 3.8) is 0 Å². The molecule has 1 N–H and O–H groups in total. The van der Waals surface area contributed by atoms with Gasteiger partial charge in [0.25, 0.3) is 5.91 Å². The molecule has 1 fully saturated rings. The van der Waals surface area contributed by atoms with Crippen LogP contribution < -0.4 is 10.1 Å². The van der Waals surface area contributed by atoms with Crippen molar-refractivity contribution in [2.24, 2.45) is 0 Å². The molecule has 1 aromatic rings. The SMILES string of the molecule is COCOc1ccc(C(=O)NC2CC2)nc1Cl. The van der Waals surface area contributed by atoms with E-state index in [0.29, 0.717) is 17.5 Å². The Morgan fingerprint density at radius 2 is 2.35 bits per heavy atom. The van der Waals surface area contributed by atoms with Crippen LogP contribution in [0.5, 0.6) is 5.75 Å². The molecule has 0 spiro atoms. The van der Waals surface area contributed by atoms with Crippen molar-refractivity contribution in [2.45, 2.75) is 18.9 Å². The number of carbonyl (C=O) groups excluding carboxylic acids is 1. The highest BCUT2D eigenvalue weighted by Crippen LogP contribution is 2.23. The number of hydrogen-bond acceptors (Lipinski definition) is 4. The van der Waals surface area contributed by atoms with Gasteiger partial charge in [0.15, 0.2) is 17.7 Å². The lowest BCUT2D eigenvalue weighted by atomic mass is 10.3. The molecule has 17 heavy (non-hydrogen) atoms. The summed E-state index contributed by atoms with van der Waals surface area (Å²) < 4.78 is 9.92. The third kappa shape index (κ3) is 3.31. The van der Waals surface area contributed by atoms with Crippen LogP contribution in [0.3, 0.4) is 0 Å². The van der Waals surface area contributed by atoms with Gasteiger partial charge in [0, 0.05) is 13.2 Å². The first kappa shape index (κ1) is 12.1. The van der Waals surface area contributed by atoms with E-state index in [1.54, 1.807) is 12.1 Å². The van der Waals surface area contributed by atoms with E-state index in [1.165, 1.54) is 7.11 Å². The second kappa shape index (κ2) is 5.33. The van der Waals surface area contributed by atoms with E-state index in [-0.39, 0.29) is 17.9 Å². The Labute approximate surface area is 104 Å². The monoisotopic (exact) mass is 256 g/mol. The lowest BCUT2D eigenvalue weighted by molar-refractivity contribution is 0.0509. The summed E-state index contributed by atoms with van der Waals surface area (Å²) in [4.78, 5) is 15.7. The predicted octanol–water partition coefficient (Wildman–Crippen LogP) is 1.61. The van der Waals surface area contributed by atoms with Gasteiger partial charge in [-0.25, -0.2) is 4.98 Å². The number of pyridine rings is 1. The molecule has 1 heterocycles. The number of ether oxygens (including phenoxy) is 2. The first-order valence-corrected chi connectivity index (χ1v) is 5.67. The van der Waals surface area contributed by atoms with Crippen molar-refractivity contribution < 1.29 is 14.3 Å². The lowest BCUT2D eigenvalue weighted by Crippen LogP contribution is -2.26. The zero-order valence-electron chi connectivity index (χ0n) is 9.40.